The molecule has 0 aliphatic rings. The summed E-state index contributed by atoms with van der Waals surface area (Å²) >= 11 is 1.49. The molecule has 2 rings (SSSR count). The van der Waals surface area contributed by atoms with Crippen LogP contribution in [0.3, 0.4) is 0 Å². The molecule has 3 nitrogen and oxygen atoms in total. The quantitative estimate of drug-likeness (QED) is 0.841. The van der Waals surface area contributed by atoms with E-state index in [2.05, 4.69) is 29.2 Å². The number of benzene rings is 1. The van der Waals surface area contributed by atoms with Gasteiger partial charge in [-0.1, -0.05) is 18.2 Å². The van der Waals surface area contributed by atoms with Crippen molar-refractivity contribution < 1.29 is 4.79 Å². The average Bonchev–Trinajstić information content (AvgIpc) is 2.98. The van der Waals surface area contributed by atoms with E-state index in [-0.39, 0.29) is 5.91 Å². The fraction of sp³-hybridized carbons (Fsp3) is 0.312. The summed E-state index contributed by atoms with van der Waals surface area (Å²) in [6.45, 7) is 3.38. The minimum absolute atomic E-state index is 0.110. The maximum absolute atomic E-state index is 12.3. The highest BCUT2D eigenvalue weighted by molar-refractivity contribution is 7.12. The van der Waals surface area contributed by atoms with Crippen molar-refractivity contribution in [3.63, 3.8) is 0 Å². The van der Waals surface area contributed by atoms with E-state index in [0.717, 1.165) is 10.4 Å². The molecule has 1 heterocycles. The number of nitrogens with zero attached hydrogens (tertiary/aromatic N) is 2. The van der Waals surface area contributed by atoms with Crippen LogP contribution in [0.4, 0.5) is 5.69 Å². The molecule has 0 spiro atoms. The molecule has 0 radical (unpaired) electrons. The minimum Gasteiger partial charge on any atom is -0.378 e. The van der Waals surface area contributed by atoms with Crippen LogP contribution in [0, 0.1) is 0 Å². The third-order valence-corrected chi connectivity index (χ3v) is 4.08. The number of anilines is 1. The molecule has 0 unspecified atom stereocenters. The van der Waals surface area contributed by atoms with E-state index < -0.39 is 0 Å². The van der Waals surface area contributed by atoms with E-state index in [4.69, 9.17) is 0 Å². The van der Waals surface area contributed by atoms with Gasteiger partial charge in [0.1, 0.15) is 0 Å². The Balaban J connectivity index is 2.08. The fourth-order valence-corrected chi connectivity index (χ4v) is 2.69. The summed E-state index contributed by atoms with van der Waals surface area (Å²) < 4.78 is 0. The molecule has 1 amide bonds. The largest absolute Gasteiger partial charge is 0.378 e. The Morgan fingerprint density at radius 3 is 2.35 bits per heavy atom. The lowest BCUT2D eigenvalue weighted by Crippen LogP contribution is -2.29. The van der Waals surface area contributed by atoms with E-state index in [0.29, 0.717) is 13.1 Å². The van der Waals surface area contributed by atoms with Crippen LogP contribution >= 0.6 is 11.3 Å². The van der Waals surface area contributed by atoms with Crippen molar-refractivity contribution >= 4 is 22.9 Å². The highest BCUT2D eigenvalue weighted by Gasteiger charge is 2.15. The first kappa shape index (κ1) is 14.6. The molecule has 0 atom stereocenters. The topological polar surface area (TPSA) is 23.6 Å². The second-order valence-electron chi connectivity index (χ2n) is 4.86. The van der Waals surface area contributed by atoms with Gasteiger partial charge in [-0.3, -0.25) is 4.79 Å². The van der Waals surface area contributed by atoms with Gasteiger partial charge in [-0.25, -0.2) is 0 Å². The first-order valence-electron chi connectivity index (χ1n) is 6.71. The van der Waals surface area contributed by atoms with Gasteiger partial charge in [0.2, 0.25) is 0 Å². The normalized spacial score (nSPS) is 10.3. The Morgan fingerprint density at radius 1 is 1.15 bits per heavy atom. The molecule has 0 bridgehead atoms. The molecule has 0 fully saturated rings. The summed E-state index contributed by atoms with van der Waals surface area (Å²) in [4.78, 5) is 17.1. The highest BCUT2D eigenvalue weighted by atomic mass is 32.1. The minimum atomic E-state index is 0.110. The summed E-state index contributed by atoms with van der Waals surface area (Å²) in [5.41, 5.74) is 2.32. The van der Waals surface area contributed by atoms with Crippen LogP contribution in [0.2, 0.25) is 0 Å². The fourth-order valence-electron chi connectivity index (χ4n) is 2.00. The molecule has 0 N–H and O–H groups in total. The number of carbonyl (C=O) groups excluding carboxylic acids is 1. The predicted molar refractivity (Wildman–Crippen MR) is 85.5 cm³/mol. The Labute approximate surface area is 124 Å². The molecule has 0 aliphatic carbocycles. The summed E-state index contributed by atoms with van der Waals surface area (Å²) in [5, 5.41) is 1.94. The predicted octanol–water partition coefficient (Wildman–Crippen LogP) is 3.48. The Hall–Kier alpha value is -1.81. The molecule has 1 aromatic carbocycles. The molecular weight excluding hydrogens is 268 g/mol. The van der Waals surface area contributed by atoms with Gasteiger partial charge < -0.3 is 9.80 Å². The van der Waals surface area contributed by atoms with Gasteiger partial charge in [-0.15, -0.1) is 11.3 Å². The summed E-state index contributed by atoms with van der Waals surface area (Å²) in [5.74, 6) is 0.110. The Kier molecular flexibility index (Phi) is 4.79. The van der Waals surface area contributed by atoms with Crippen LogP contribution in [-0.2, 0) is 6.54 Å². The van der Waals surface area contributed by atoms with Crippen LogP contribution in [-0.4, -0.2) is 31.4 Å². The number of hydrogen-bond donors (Lipinski definition) is 0. The number of thiophene rings is 1. The van der Waals surface area contributed by atoms with Gasteiger partial charge in [-0.2, -0.15) is 0 Å². The van der Waals surface area contributed by atoms with Crippen LogP contribution in [0.1, 0.15) is 22.2 Å². The van der Waals surface area contributed by atoms with Crippen molar-refractivity contribution in [2.75, 3.05) is 25.5 Å². The van der Waals surface area contributed by atoms with Gasteiger partial charge in [-0.05, 0) is 36.1 Å². The molecule has 1 aromatic heterocycles. The Bertz CT molecular complexity index is 546. The second-order valence-corrected chi connectivity index (χ2v) is 5.81. The SMILES string of the molecule is CCN(Cc1ccc(N(C)C)cc1)C(=O)c1cccs1. The molecule has 4 heteroatoms. The summed E-state index contributed by atoms with van der Waals surface area (Å²) in [7, 11) is 4.04. The molecule has 0 aliphatic heterocycles. The van der Waals surface area contributed by atoms with Crippen LogP contribution in [0.5, 0.6) is 0 Å². The molecular formula is C16H20N2OS. The third-order valence-electron chi connectivity index (χ3n) is 3.23. The summed E-state index contributed by atoms with van der Waals surface area (Å²) in [6, 6.07) is 12.1. The molecule has 106 valence electrons. The van der Waals surface area contributed by atoms with Gasteiger partial charge >= 0.3 is 0 Å². The van der Waals surface area contributed by atoms with Crippen LogP contribution < -0.4 is 4.90 Å². The van der Waals surface area contributed by atoms with Gasteiger partial charge in [0.15, 0.2) is 0 Å². The second kappa shape index (κ2) is 6.57. The molecule has 0 saturated carbocycles. The monoisotopic (exact) mass is 288 g/mol. The zero-order valence-corrected chi connectivity index (χ0v) is 13.0. The van der Waals surface area contributed by atoms with E-state index in [1.807, 2.05) is 43.4 Å². The molecule has 2 aromatic rings. The zero-order valence-electron chi connectivity index (χ0n) is 12.2. The average molecular weight is 288 g/mol. The van der Waals surface area contributed by atoms with E-state index in [1.165, 1.54) is 17.0 Å². The van der Waals surface area contributed by atoms with Crippen molar-refractivity contribution in [2.45, 2.75) is 13.5 Å². The highest BCUT2D eigenvalue weighted by Crippen LogP contribution is 2.17. The van der Waals surface area contributed by atoms with Gasteiger partial charge in [0.05, 0.1) is 4.88 Å². The van der Waals surface area contributed by atoms with Crippen LogP contribution in [0.15, 0.2) is 41.8 Å². The number of hydrogen-bond acceptors (Lipinski definition) is 3. The third kappa shape index (κ3) is 3.39. The Morgan fingerprint density at radius 2 is 1.85 bits per heavy atom. The van der Waals surface area contributed by atoms with Crippen molar-refractivity contribution in [3.05, 3.63) is 52.2 Å². The van der Waals surface area contributed by atoms with Crippen LogP contribution in [0.25, 0.3) is 0 Å². The summed E-state index contributed by atoms with van der Waals surface area (Å²) in [6.07, 6.45) is 0. The molecule has 0 saturated heterocycles. The molecule has 20 heavy (non-hydrogen) atoms. The number of rotatable bonds is 5. The number of carbonyl (C=O) groups is 1. The number of amides is 1. The zero-order chi connectivity index (χ0) is 14.5. The van der Waals surface area contributed by atoms with Crippen molar-refractivity contribution in [1.82, 2.24) is 4.90 Å². The van der Waals surface area contributed by atoms with Crippen molar-refractivity contribution in [2.24, 2.45) is 0 Å². The van der Waals surface area contributed by atoms with E-state index in [9.17, 15) is 4.79 Å². The first-order chi connectivity index (χ1) is 9.61. The smallest absolute Gasteiger partial charge is 0.264 e. The van der Waals surface area contributed by atoms with Crippen molar-refractivity contribution in [1.29, 1.82) is 0 Å². The van der Waals surface area contributed by atoms with Gasteiger partial charge in [0.25, 0.3) is 5.91 Å². The van der Waals surface area contributed by atoms with Crippen molar-refractivity contribution in [3.8, 4) is 0 Å². The first-order valence-corrected chi connectivity index (χ1v) is 7.59. The van der Waals surface area contributed by atoms with Gasteiger partial charge in [0, 0.05) is 32.9 Å². The van der Waals surface area contributed by atoms with E-state index in [1.54, 1.807) is 0 Å². The lowest BCUT2D eigenvalue weighted by Gasteiger charge is -2.21. The standard InChI is InChI=1S/C16H20N2OS/c1-4-18(16(19)15-6-5-11-20-15)12-13-7-9-14(10-8-13)17(2)3/h5-11H,4,12H2,1-3H3. The maximum atomic E-state index is 12.3. The maximum Gasteiger partial charge on any atom is 0.264 e. The van der Waals surface area contributed by atoms with E-state index >= 15 is 0 Å². The lowest BCUT2D eigenvalue weighted by atomic mass is 10.2. The lowest BCUT2D eigenvalue weighted by molar-refractivity contribution is 0.0757.